The number of nitriles is 1. The lowest BCUT2D eigenvalue weighted by molar-refractivity contribution is -0.112. The number of esters is 1. The summed E-state index contributed by atoms with van der Waals surface area (Å²) in [6.45, 7) is 10.1. The van der Waals surface area contributed by atoms with Gasteiger partial charge in [0.15, 0.2) is 0 Å². The van der Waals surface area contributed by atoms with Gasteiger partial charge in [0.1, 0.15) is 11.6 Å². The summed E-state index contributed by atoms with van der Waals surface area (Å²) in [5.41, 5.74) is 6.08. The fraction of sp³-hybridized carbons (Fsp3) is 0.500. The van der Waals surface area contributed by atoms with Gasteiger partial charge in [-0.15, -0.1) is 0 Å². The number of carbonyl (C=O) groups excluding carboxylic acids is 2. The number of hydrogen-bond donors (Lipinski definition) is 2. The summed E-state index contributed by atoms with van der Waals surface area (Å²) in [5.74, 6) is -1.11. The van der Waals surface area contributed by atoms with Gasteiger partial charge in [0.2, 0.25) is 0 Å². The molecule has 0 aliphatic carbocycles. The zero-order valence-electron chi connectivity index (χ0n) is 17.8. The molecule has 0 aromatic heterocycles. The standard InChI is InChI=1S/C22H30N4O3/c1-6-29-20(28)17-9-7-8-10-18(17)25-19(27)15(13-23)14-26-21(2,3)11-16(24)12-22(26,4)5/h7-10,14,16H,6,11-12,24H2,1-5H3,(H,25,27)/b15-14-. The first-order valence-corrected chi connectivity index (χ1v) is 9.76. The van der Waals surface area contributed by atoms with Crippen LogP contribution in [0.5, 0.6) is 0 Å². The molecule has 0 bridgehead atoms. The van der Waals surface area contributed by atoms with Gasteiger partial charge in [0.05, 0.1) is 17.9 Å². The van der Waals surface area contributed by atoms with Crippen molar-refractivity contribution in [3.05, 3.63) is 41.6 Å². The number of piperidine rings is 1. The molecule has 1 fully saturated rings. The Balaban J connectivity index is 2.33. The molecule has 7 nitrogen and oxygen atoms in total. The van der Waals surface area contributed by atoms with Gasteiger partial charge >= 0.3 is 5.97 Å². The van der Waals surface area contributed by atoms with E-state index in [2.05, 4.69) is 5.32 Å². The quantitative estimate of drug-likeness (QED) is 0.448. The minimum atomic E-state index is -0.578. The minimum absolute atomic E-state index is 0.0414. The van der Waals surface area contributed by atoms with E-state index in [0.717, 1.165) is 12.8 Å². The van der Waals surface area contributed by atoms with Crippen molar-refractivity contribution < 1.29 is 14.3 Å². The number of rotatable bonds is 5. The van der Waals surface area contributed by atoms with Crippen molar-refractivity contribution in [1.29, 1.82) is 5.26 Å². The molecule has 0 spiro atoms. The van der Waals surface area contributed by atoms with Gasteiger partial charge < -0.3 is 20.7 Å². The van der Waals surface area contributed by atoms with Crippen LogP contribution < -0.4 is 11.1 Å². The van der Waals surface area contributed by atoms with E-state index in [1.165, 1.54) is 0 Å². The Morgan fingerprint density at radius 3 is 2.41 bits per heavy atom. The highest BCUT2D eigenvalue weighted by Crippen LogP contribution is 2.38. The third-order valence-electron chi connectivity index (χ3n) is 5.12. The first-order valence-electron chi connectivity index (χ1n) is 9.76. The number of hydrogen-bond acceptors (Lipinski definition) is 6. The lowest BCUT2D eigenvalue weighted by Gasteiger charge is -2.54. The van der Waals surface area contributed by atoms with Gasteiger partial charge in [0, 0.05) is 23.3 Å². The molecule has 1 aliphatic rings. The number of nitrogens with two attached hydrogens (primary N) is 1. The molecule has 1 aromatic carbocycles. The maximum absolute atomic E-state index is 12.8. The largest absolute Gasteiger partial charge is 0.462 e. The number of nitrogens with zero attached hydrogens (tertiary/aromatic N) is 2. The fourth-order valence-corrected chi connectivity index (χ4v) is 4.16. The van der Waals surface area contributed by atoms with Crippen LogP contribution in [0, 0.1) is 11.3 Å². The van der Waals surface area contributed by atoms with Gasteiger partial charge in [-0.2, -0.15) is 5.26 Å². The summed E-state index contributed by atoms with van der Waals surface area (Å²) < 4.78 is 5.03. The Morgan fingerprint density at radius 2 is 1.86 bits per heavy atom. The lowest BCUT2D eigenvalue weighted by atomic mass is 9.77. The smallest absolute Gasteiger partial charge is 0.340 e. The highest BCUT2D eigenvalue weighted by molar-refractivity contribution is 6.09. The molecule has 1 aliphatic heterocycles. The third kappa shape index (κ3) is 5.15. The number of para-hydroxylation sites is 1. The van der Waals surface area contributed by atoms with Gasteiger partial charge in [-0.3, -0.25) is 4.79 Å². The SMILES string of the molecule is CCOC(=O)c1ccccc1NC(=O)/C(C#N)=C\N1C(C)(C)CC(N)CC1(C)C. The maximum Gasteiger partial charge on any atom is 0.340 e. The molecule has 156 valence electrons. The van der Waals surface area contributed by atoms with Gasteiger partial charge in [-0.1, -0.05) is 12.1 Å². The Bertz CT molecular complexity index is 834. The van der Waals surface area contributed by atoms with Crippen LogP contribution in [-0.2, 0) is 9.53 Å². The van der Waals surface area contributed by atoms with Crippen LogP contribution in [-0.4, -0.2) is 40.5 Å². The van der Waals surface area contributed by atoms with E-state index >= 15 is 0 Å². The van der Waals surface area contributed by atoms with E-state index in [9.17, 15) is 14.9 Å². The van der Waals surface area contributed by atoms with E-state index < -0.39 is 11.9 Å². The Labute approximate surface area is 172 Å². The van der Waals surface area contributed by atoms with Crippen molar-refractivity contribution in [2.45, 2.75) is 64.6 Å². The summed E-state index contributed by atoms with van der Waals surface area (Å²) in [6, 6.07) is 8.61. The molecular formula is C22H30N4O3. The molecule has 7 heteroatoms. The normalized spacial score (nSPS) is 18.7. The molecular weight excluding hydrogens is 368 g/mol. The number of amides is 1. The van der Waals surface area contributed by atoms with Crippen LogP contribution in [0.25, 0.3) is 0 Å². The zero-order chi connectivity index (χ0) is 21.8. The van der Waals surface area contributed by atoms with Gasteiger partial charge in [0.25, 0.3) is 5.91 Å². The molecule has 29 heavy (non-hydrogen) atoms. The fourth-order valence-electron chi connectivity index (χ4n) is 4.16. The second-order valence-electron chi connectivity index (χ2n) is 8.54. The Hall–Kier alpha value is -2.85. The third-order valence-corrected chi connectivity index (χ3v) is 5.12. The molecule has 1 amide bonds. The number of likely N-dealkylation sites (tertiary alicyclic amines) is 1. The predicted octanol–water partition coefficient (Wildman–Crippen LogP) is 3.19. The van der Waals surface area contributed by atoms with E-state index in [-0.39, 0.29) is 34.9 Å². The first kappa shape index (κ1) is 22.4. The topological polar surface area (TPSA) is 108 Å². The number of anilines is 1. The monoisotopic (exact) mass is 398 g/mol. The highest BCUT2D eigenvalue weighted by Gasteiger charge is 2.43. The Kier molecular flexibility index (Phi) is 6.70. The second-order valence-corrected chi connectivity index (χ2v) is 8.54. The average molecular weight is 399 g/mol. The summed E-state index contributed by atoms with van der Waals surface area (Å²) in [6.07, 6.45) is 3.10. The molecule has 2 rings (SSSR count). The summed E-state index contributed by atoms with van der Waals surface area (Å²) >= 11 is 0. The van der Waals surface area contributed by atoms with Crippen LogP contribution in [0.3, 0.4) is 0 Å². The number of nitrogens with one attached hydrogen (secondary N) is 1. The van der Waals surface area contributed by atoms with Crippen molar-refractivity contribution in [3.63, 3.8) is 0 Å². The van der Waals surface area contributed by atoms with Crippen LogP contribution in [0.2, 0.25) is 0 Å². The minimum Gasteiger partial charge on any atom is -0.462 e. The number of benzene rings is 1. The van der Waals surface area contributed by atoms with Crippen molar-refractivity contribution in [3.8, 4) is 6.07 Å². The van der Waals surface area contributed by atoms with Crippen molar-refractivity contribution in [2.24, 2.45) is 5.73 Å². The molecule has 0 atom stereocenters. The number of ether oxygens (including phenoxy) is 1. The highest BCUT2D eigenvalue weighted by atomic mass is 16.5. The van der Waals surface area contributed by atoms with Crippen LogP contribution in [0.15, 0.2) is 36.0 Å². The molecule has 0 unspecified atom stereocenters. The maximum atomic E-state index is 12.8. The predicted molar refractivity (Wildman–Crippen MR) is 112 cm³/mol. The van der Waals surface area contributed by atoms with Crippen molar-refractivity contribution in [2.75, 3.05) is 11.9 Å². The zero-order valence-corrected chi connectivity index (χ0v) is 17.8. The van der Waals surface area contributed by atoms with Gasteiger partial charge in [-0.05, 0) is 59.6 Å². The number of carbonyl (C=O) groups is 2. The molecule has 3 N–H and O–H groups in total. The Morgan fingerprint density at radius 1 is 1.28 bits per heavy atom. The van der Waals surface area contributed by atoms with E-state index in [4.69, 9.17) is 10.5 Å². The van der Waals surface area contributed by atoms with Crippen LogP contribution in [0.4, 0.5) is 5.69 Å². The van der Waals surface area contributed by atoms with E-state index in [0.29, 0.717) is 5.69 Å². The van der Waals surface area contributed by atoms with Crippen LogP contribution >= 0.6 is 0 Å². The van der Waals surface area contributed by atoms with Crippen molar-refractivity contribution in [1.82, 2.24) is 4.90 Å². The molecule has 1 aromatic rings. The summed E-state index contributed by atoms with van der Waals surface area (Å²) in [7, 11) is 0. The van der Waals surface area contributed by atoms with E-state index in [1.807, 2.05) is 38.7 Å². The second kappa shape index (κ2) is 8.66. The van der Waals surface area contributed by atoms with E-state index in [1.54, 1.807) is 37.4 Å². The molecule has 1 heterocycles. The summed E-state index contributed by atoms with van der Waals surface area (Å²) in [5, 5.41) is 12.3. The lowest BCUT2D eigenvalue weighted by Crippen LogP contribution is -2.61. The molecule has 1 saturated heterocycles. The van der Waals surface area contributed by atoms with Crippen LogP contribution in [0.1, 0.15) is 57.8 Å². The molecule has 0 saturated carbocycles. The first-order chi connectivity index (χ1) is 13.5. The summed E-state index contributed by atoms with van der Waals surface area (Å²) in [4.78, 5) is 27.0. The average Bonchev–Trinajstić information content (AvgIpc) is 2.60. The molecule has 0 radical (unpaired) electrons. The van der Waals surface area contributed by atoms with Gasteiger partial charge in [-0.25, -0.2) is 4.79 Å². The van der Waals surface area contributed by atoms with Crippen molar-refractivity contribution >= 4 is 17.6 Å².